The Balaban J connectivity index is 1.33. The third kappa shape index (κ3) is 5.68. The van der Waals surface area contributed by atoms with Crippen molar-refractivity contribution in [3.63, 3.8) is 0 Å². The van der Waals surface area contributed by atoms with Gasteiger partial charge in [0.2, 0.25) is 0 Å². The maximum absolute atomic E-state index is 12.3. The van der Waals surface area contributed by atoms with Gasteiger partial charge in [0, 0.05) is 33.9 Å². The average Bonchev–Trinajstić information content (AvgIpc) is 2.82. The number of carbonyl (C=O) groups excluding carboxylic acids is 2. The molecule has 7 nitrogen and oxygen atoms in total. The Bertz CT molecular complexity index is 1150. The minimum atomic E-state index is -0.263. The van der Waals surface area contributed by atoms with Crippen molar-refractivity contribution in [1.82, 2.24) is 0 Å². The zero-order chi connectivity index (χ0) is 23.2. The Morgan fingerprint density at radius 1 is 0.455 bits per heavy atom. The van der Waals surface area contributed by atoms with Crippen LogP contribution in [0.25, 0.3) is 0 Å². The van der Waals surface area contributed by atoms with Gasteiger partial charge >= 0.3 is 0 Å². The van der Waals surface area contributed by atoms with E-state index in [0.29, 0.717) is 22.5 Å². The van der Waals surface area contributed by atoms with Gasteiger partial charge in [-0.15, -0.1) is 0 Å². The summed E-state index contributed by atoms with van der Waals surface area (Å²) in [5.41, 5.74) is 3.86. The zero-order valence-electron chi connectivity index (χ0n) is 17.4. The second-order valence-corrected chi connectivity index (χ2v) is 7.28. The van der Waals surface area contributed by atoms with Gasteiger partial charge in [0.15, 0.2) is 0 Å². The Morgan fingerprint density at radius 2 is 0.758 bits per heavy atom. The Kier molecular flexibility index (Phi) is 6.22. The molecule has 33 heavy (non-hydrogen) atoms. The topological polar surface area (TPSA) is 111 Å². The SMILES string of the molecule is O=C(Nc1ccc(Nc2ccc(NC(=O)c3ccc(O)cc3)cc2)cc1)c1ccc(O)cc1. The van der Waals surface area contributed by atoms with Gasteiger partial charge in [-0.1, -0.05) is 0 Å². The summed E-state index contributed by atoms with van der Waals surface area (Å²) in [6.45, 7) is 0. The van der Waals surface area contributed by atoms with Crippen LogP contribution >= 0.6 is 0 Å². The van der Waals surface area contributed by atoms with Gasteiger partial charge in [0.05, 0.1) is 0 Å². The fourth-order valence-electron chi connectivity index (χ4n) is 3.07. The summed E-state index contributed by atoms with van der Waals surface area (Å²) in [6.07, 6.45) is 0. The smallest absolute Gasteiger partial charge is 0.255 e. The van der Waals surface area contributed by atoms with Gasteiger partial charge in [0.25, 0.3) is 11.8 Å². The quantitative estimate of drug-likeness (QED) is 0.278. The molecule has 0 aromatic heterocycles. The maximum Gasteiger partial charge on any atom is 0.255 e. The van der Waals surface area contributed by atoms with Crippen molar-refractivity contribution >= 4 is 34.6 Å². The normalized spacial score (nSPS) is 10.3. The summed E-state index contributed by atoms with van der Waals surface area (Å²) >= 11 is 0. The lowest BCUT2D eigenvalue weighted by atomic mass is 10.2. The molecule has 2 amide bonds. The molecule has 0 saturated carbocycles. The van der Waals surface area contributed by atoms with Crippen LogP contribution in [0.2, 0.25) is 0 Å². The summed E-state index contributed by atoms with van der Waals surface area (Å²) in [7, 11) is 0. The monoisotopic (exact) mass is 439 g/mol. The number of hydrogen-bond donors (Lipinski definition) is 5. The third-order valence-electron chi connectivity index (χ3n) is 4.83. The molecule has 0 heterocycles. The summed E-state index contributed by atoms with van der Waals surface area (Å²) in [5, 5.41) is 27.5. The zero-order valence-corrected chi connectivity index (χ0v) is 17.4. The molecule has 0 atom stereocenters. The molecule has 0 spiro atoms. The van der Waals surface area contributed by atoms with Crippen LogP contribution < -0.4 is 16.0 Å². The van der Waals surface area contributed by atoms with Gasteiger partial charge in [-0.3, -0.25) is 9.59 Å². The maximum atomic E-state index is 12.3. The van der Waals surface area contributed by atoms with Gasteiger partial charge in [-0.05, 0) is 97.1 Å². The van der Waals surface area contributed by atoms with Crippen LogP contribution in [0.1, 0.15) is 20.7 Å². The molecule has 0 radical (unpaired) electrons. The molecule has 4 rings (SSSR count). The van der Waals surface area contributed by atoms with Crippen LogP contribution in [0.15, 0.2) is 97.1 Å². The first-order valence-electron chi connectivity index (χ1n) is 10.1. The van der Waals surface area contributed by atoms with E-state index < -0.39 is 0 Å². The lowest BCUT2D eigenvalue weighted by Crippen LogP contribution is -2.11. The number of hydrogen-bond acceptors (Lipinski definition) is 5. The summed E-state index contributed by atoms with van der Waals surface area (Å²) in [4.78, 5) is 24.5. The van der Waals surface area contributed by atoms with Gasteiger partial charge in [0.1, 0.15) is 11.5 Å². The second-order valence-electron chi connectivity index (χ2n) is 7.28. The minimum absolute atomic E-state index is 0.106. The number of carbonyl (C=O) groups is 2. The van der Waals surface area contributed by atoms with Crippen molar-refractivity contribution in [3.05, 3.63) is 108 Å². The fraction of sp³-hybridized carbons (Fsp3) is 0. The standard InChI is InChI=1S/C26H21N3O4/c30-23-13-1-17(2-14-23)25(32)28-21-9-5-19(6-10-21)27-20-7-11-22(12-8-20)29-26(33)18-3-15-24(31)16-4-18/h1-16,27,30-31H,(H,28,32)(H,29,33). The van der Waals surface area contributed by atoms with Crippen LogP contribution in [0.3, 0.4) is 0 Å². The molecule has 0 fully saturated rings. The molecule has 4 aromatic carbocycles. The molecule has 0 unspecified atom stereocenters. The molecule has 0 aliphatic rings. The van der Waals surface area contributed by atoms with Crippen molar-refractivity contribution in [3.8, 4) is 11.5 Å². The highest BCUT2D eigenvalue weighted by atomic mass is 16.3. The molecule has 164 valence electrons. The van der Waals surface area contributed by atoms with Gasteiger partial charge in [-0.25, -0.2) is 0 Å². The molecular formula is C26H21N3O4. The molecule has 0 saturated heterocycles. The number of phenols is 2. The fourth-order valence-corrected chi connectivity index (χ4v) is 3.07. The van der Waals surface area contributed by atoms with E-state index in [9.17, 15) is 19.8 Å². The highest BCUT2D eigenvalue weighted by Crippen LogP contribution is 2.22. The predicted octanol–water partition coefficient (Wildman–Crippen LogP) is 5.35. The highest BCUT2D eigenvalue weighted by molar-refractivity contribution is 6.05. The van der Waals surface area contributed by atoms with Crippen molar-refractivity contribution in [2.24, 2.45) is 0 Å². The molecule has 0 bridgehead atoms. The van der Waals surface area contributed by atoms with E-state index >= 15 is 0 Å². The number of amides is 2. The number of anilines is 4. The van der Waals surface area contributed by atoms with Crippen molar-refractivity contribution in [1.29, 1.82) is 0 Å². The number of phenolic OH excluding ortho intramolecular Hbond substituents is 2. The van der Waals surface area contributed by atoms with Crippen molar-refractivity contribution in [2.45, 2.75) is 0 Å². The van der Waals surface area contributed by atoms with Crippen LogP contribution in [0.5, 0.6) is 11.5 Å². The van der Waals surface area contributed by atoms with E-state index in [4.69, 9.17) is 0 Å². The number of nitrogens with one attached hydrogen (secondary N) is 3. The number of aromatic hydroxyl groups is 2. The molecular weight excluding hydrogens is 418 g/mol. The summed E-state index contributed by atoms with van der Waals surface area (Å²) in [6, 6.07) is 26.6. The highest BCUT2D eigenvalue weighted by Gasteiger charge is 2.07. The predicted molar refractivity (Wildman–Crippen MR) is 128 cm³/mol. The Morgan fingerprint density at radius 3 is 1.09 bits per heavy atom. The van der Waals surface area contributed by atoms with Crippen LogP contribution in [0.4, 0.5) is 22.7 Å². The average molecular weight is 439 g/mol. The minimum Gasteiger partial charge on any atom is -0.508 e. The van der Waals surface area contributed by atoms with Gasteiger partial charge in [-0.2, -0.15) is 0 Å². The Hall–Kier alpha value is -4.78. The van der Waals surface area contributed by atoms with E-state index in [1.807, 2.05) is 24.3 Å². The van der Waals surface area contributed by atoms with Crippen LogP contribution in [-0.2, 0) is 0 Å². The molecule has 0 aliphatic carbocycles. The molecule has 7 heteroatoms. The van der Waals surface area contributed by atoms with Crippen LogP contribution in [0, 0.1) is 0 Å². The van der Waals surface area contributed by atoms with E-state index in [1.165, 1.54) is 24.3 Å². The molecule has 4 aromatic rings. The lowest BCUT2D eigenvalue weighted by Gasteiger charge is -2.10. The first-order chi connectivity index (χ1) is 16.0. The van der Waals surface area contributed by atoms with E-state index in [0.717, 1.165) is 11.4 Å². The lowest BCUT2D eigenvalue weighted by molar-refractivity contribution is 0.101. The third-order valence-corrected chi connectivity index (χ3v) is 4.83. The van der Waals surface area contributed by atoms with Crippen LogP contribution in [-0.4, -0.2) is 22.0 Å². The van der Waals surface area contributed by atoms with Crippen molar-refractivity contribution in [2.75, 3.05) is 16.0 Å². The largest absolute Gasteiger partial charge is 0.508 e. The number of rotatable bonds is 6. The van der Waals surface area contributed by atoms with E-state index in [-0.39, 0.29) is 23.3 Å². The molecule has 5 N–H and O–H groups in total. The van der Waals surface area contributed by atoms with Gasteiger partial charge < -0.3 is 26.2 Å². The van der Waals surface area contributed by atoms with E-state index in [2.05, 4.69) is 16.0 Å². The Labute approximate surface area is 190 Å². The second kappa shape index (κ2) is 9.57. The summed E-state index contributed by atoms with van der Waals surface area (Å²) < 4.78 is 0. The number of benzene rings is 4. The van der Waals surface area contributed by atoms with E-state index in [1.54, 1.807) is 48.5 Å². The van der Waals surface area contributed by atoms with Crippen molar-refractivity contribution < 1.29 is 19.8 Å². The summed E-state index contributed by atoms with van der Waals surface area (Å²) in [5.74, 6) is -0.314. The first kappa shape index (κ1) is 21.5. The first-order valence-corrected chi connectivity index (χ1v) is 10.1. The molecule has 0 aliphatic heterocycles.